The molecule has 3 saturated carbocycles. The molecule has 0 atom stereocenters. The minimum absolute atomic E-state index is 0.125. The van der Waals surface area contributed by atoms with Gasteiger partial charge < -0.3 is 11.1 Å². The van der Waals surface area contributed by atoms with E-state index in [0.717, 1.165) is 24.4 Å². The molecule has 16 heavy (non-hydrogen) atoms. The summed E-state index contributed by atoms with van der Waals surface area (Å²) in [5.74, 6) is 2.00. The Morgan fingerprint density at radius 1 is 1.00 bits per heavy atom. The maximum atomic E-state index is 6.49. The molecule has 92 valence electrons. The van der Waals surface area contributed by atoms with Gasteiger partial charge >= 0.3 is 0 Å². The van der Waals surface area contributed by atoms with Crippen LogP contribution in [0.25, 0.3) is 0 Å². The lowest BCUT2D eigenvalue weighted by Crippen LogP contribution is -2.52. The van der Waals surface area contributed by atoms with Gasteiger partial charge in [-0.25, -0.2) is 0 Å². The van der Waals surface area contributed by atoms with Gasteiger partial charge in [-0.3, -0.25) is 0 Å². The Morgan fingerprint density at radius 3 is 2.06 bits per heavy atom. The summed E-state index contributed by atoms with van der Waals surface area (Å²) in [7, 11) is 0. The van der Waals surface area contributed by atoms with Crippen molar-refractivity contribution in [2.24, 2.45) is 17.6 Å². The summed E-state index contributed by atoms with van der Waals surface area (Å²) in [6.45, 7) is 1.07. The van der Waals surface area contributed by atoms with Crippen molar-refractivity contribution in [1.82, 2.24) is 5.32 Å². The van der Waals surface area contributed by atoms with E-state index in [4.69, 9.17) is 5.73 Å². The second-order valence-corrected chi connectivity index (χ2v) is 6.50. The summed E-state index contributed by atoms with van der Waals surface area (Å²) in [6.07, 6.45) is 12.4. The summed E-state index contributed by atoms with van der Waals surface area (Å²) in [6, 6.07) is 0.822. The summed E-state index contributed by atoms with van der Waals surface area (Å²) in [5.41, 5.74) is 6.61. The molecule has 3 aliphatic carbocycles. The number of hydrogen-bond donors (Lipinski definition) is 2. The third-order valence-electron chi connectivity index (χ3n) is 4.80. The van der Waals surface area contributed by atoms with Crippen LogP contribution in [0.4, 0.5) is 0 Å². The number of hydrogen-bond acceptors (Lipinski definition) is 2. The molecule has 0 aliphatic heterocycles. The van der Waals surface area contributed by atoms with Crippen LogP contribution in [0.2, 0.25) is 0 Å². The minimum Gasteiger partial charge on any atom is -0.324 e. The van der Waals surface area contributed by atoms with Gasteiger partial charge in [0, 0.05) is 18.1 Å². The molecule has 3 fully saturated rings. The highest BCUT2D eigenvalue weighted by Gasteiger charge is 2.42. The Bertz CT molecular complexity index is 225. The fraction of sp³-hybridized carbons (Fsp3) is 1.00. The average molecular weight is 222 g/mol. The van der Waals surface area contributed by atoms with Crippen molar-refractivity contribution in [2.75, 3.05) is 6.54 Å². The van der Waals surface area contributed by atoms with Crippen molar-refractivity contribution < 1.29 is 0 Å². The van der Waals surface area contributed by atoms with E-state index in [9.17, 15) is 0 Å². The Balaban J connectivity index is 1.49. The second-order valence-electron chi connectivity index (χ2n) is 6.50. The van der Waals surface area contributed by atoms with E-state index in [-0.39, 0.29) is 5.54 Å². The zero-order valence-electron chi connectivity index (χ0n) is 10.4. The molecular formula is C14H26N2. The average Bonchev–Trinajstić information content (AvgIpc) is 3.14. The molecular weight excluding hydrogens is 196 g/mol. The molecule has 2 heteroatoms. The Labute approximate surface area is 99.4 Å². The van der Waals surface area contributed by atoms with Crippen molar-refractivity contribution in [3.63, 3.8) is 0 Å². The first kappa shape index (κ1) is 11.0. The first-order chi connectivity index (χ1) is 7.77. The minimum atomic E-state index is 0.125. The van der Waals surface area contributed by atoms with Gasteiger partial charge in [-0.15, -0.1) is 0 Å². The molecule has 0 aromatic heterocycles. The van der Waals surface area contributed by atoms with Crippen molar-refractivity contribution in [3.05, 3.63) is 0 Å². The zero-order valence-corrected chi connectivity index (χ0v) is 10.4. The number of rotatable bonds is 5. The maximum absolute atomic E-state index is 6.49. The summed E-state index contributed by atoms with van der Waals surface area (Å²) in [5, 5.41) is 3.83. The van der Waals surface area contributed by atoms with Gasteiger partial charge in [0.25, 0.3) is 0 Å². The van der Waals surface area contributed by atoms with E-state index >= 15 is 0 Å². The van der Waals surface area contributed by atoms with Crippen LogP contribution in [0, 0.1) is 11.8 Å². The third-order valence-corrected chi connectivity index (χ3v) is 4.80. The number of nitrogens with two attached hydrogens (primary N) is 1. The fourth-order valence-corrected chi connectivity index (χ4v) is 3.38. The molecule has 0 radical (unpaired) electrons. The molecule has 0 aromatic rings. The Kier molecular flexibility index (Phi) is 2.97. The van der Waals surface area contributed by atoms with Crippen molar-refractivity contribution in [3.8, 4) is 0 Å². The lowest BCUT2D eigenvalue weighted by Gasteiger charge is -2.35. The summed E-state index contributed by atoms with van der Waals surface area (Å²) >= 11 is 0. The lowest BCUT2D eigenvalue weighted by atomic mass is 9.82. The van der Waals surface area contributed by atoms with E-state index < -0.39 is 0 Å². The van der Waals surface area contributed by atoms with Crippen LogP contribution in [0.5, 0.6) is 0 Å². The molecule has 0 aromatic carbocycles. The molecule has 0 heterocycles. The predicted molar refractivity (Wildman–Crippen MR) is 67.2 cm³/mol. The van der Waals surface area contributed by atoms with Gasteiger partial charge in [-0.05, 0) is 50.4 Å². The molecule has 0 saturated heterocycles. The zero-order chi connectivity index (χ0) is 11.0. The topological polar surface area (TPSA) is 38.0 Å². The molecule has 0 bridgehead atoms. The molecule has 0 spiro atoms. The lowest BCUT2D eigenvalue weighted by molar-refractivity contribution is 0.261. The van der Waals surface area contributed by atoms with Crippen molar-refractivity contribution in [2.45, 2.75) is 69.4 Å². The van der Waals surface area contributed by atoms with Crippen LogP contribution in [0.1, 0.15) is 57.8 Å². The van der Waals surface area contributed by atoms with Crippen molar-refractivity contribution in [1.29, 1.82) is 0 Å². The molecule has 0 unspecified atom stereocenters. The summed E-state index contributed by atoms with van der Waals surface area (Å²) in [4.78, 5) is 0. The van der Waals surface area contributed by atoms with Gasteiger partial charge in [-0.2, -0.15) is 0 Å². The van der Waals surface area contributed by atoms with Gasteiger partial charge in [0.2, 0.25) is 0 Å². The van der Waals surface area contributed by atoms with Gasteiger partial charge in [-0.1, -0.05) is 19.3 Å². The second kappa shape index (κ2) is 4.30. The van der Waals surface area contributed by atoms with Crippen LogP contribution in [0.3, 0.4) is 0 Å². The number of nitrogens with one attached hydrogen (secondary N) is 1. The SMILES string of the molecule is NC1(CNC(C2CC2)C2CC2)CCCCC1. The summed E-state index contributed by atoms with van der Waals surface area (Å²) < 4.78 is 0. The highest BCUT2D eigenvalue weighted by atomic mass is 15.0. The van der Waals surface area contributed by atoms with E-state index in [1.165, 1.54) is 57.8 Å². The largest absolute Gasteiger partial charge is 0.324 e. The van der Waals surface area contributed by atoms with Crippen molar-refractivity contribution >= 4 is 0 Å². The first-order valence-electron chi connectivity index (χ1n) is 7.29. The first-order valence-corrected chi connectivity index (χ1v) is 7.29. The van der Waals surface area contributed by atoms with Crippen LogP contribution >= 0.6 is 0 Å². The van der Waals surface area contributed by atoms with Crippen LogP contribution < -0.4 is 11.1 Å². The normalized spacial score (nSPS) is 29.6. The van der Waals surface area contributed by atoms with Crippen LogP contribution in [-0.4, -0.2) is 18.1 Å². The maximum Gasteiger partial charge on any atom is 0.0280 e. The molecule has 3 N–H and O–H groups in total. The Morgan fingerprint density at radius 2 is 1.56 bits per heavy atom. The molecule has 3 rings (SSSR count). The molecule has 2 nitrogen and oxygen atoms in total. The highest BCUT2D eigenvalue weighted by Crippen LogP contribution is 2.44. The van der Waals surface area contributed by atoms with E-state index in [2.05, 4.69) is 5.32 Å². The molecule has 3 aliphatic rings. The quantitative estimate of drug-likeness (QED) is 0.750. The van der Waals surface area contributed by atoms with Crippen LogP contribution in [0.15, 0.2) is 0 Å². The monoisotopic (exact) mass is 222 g/mol. The van der Waals surface area contributed by atoms with E-state index in [1.807, 2.05) is 0 Å². The van der Waals surface area contributed by atoms with Gasteiger partial charge in [0.1, 0.15) is 0 Å². The van der Waals surface area contributed by atoms with E-state index in [0.29, 0.717) is 0 Å². The van der Waals surface area contributed by atoms with Crippen LogP contribution in [-0.2, 0) is 0 Å². The smallest absolute Gasteiger partial charge is 0.0280 e. The van der Waals surface area contributed by atoms with Gasteiger partial charge in [0.15, 0.2) is 0 Å². The standard InChI is InChI=1S/C14H26N2/c15-14(8-2-1-3-9-14)10-16-13(11-4-5-11)12-6-7-12/h11-13,16H,1-10,15H2. The fourth-order valence-electron chi connectivity index (χ4n) is 3.38. The predicted octanol–water partition coefficient (Wildman–Crippen LogP) is 2.43. The third kappa shape index (κ3) is 2.60. The van der Waals surface area contributed by atoms with E-state index in [1.54, 1.807) is 0 Å². The van der Waals surface area contributed by atoms with Gasteiger partial charge in [0.05, 0.1) is 0 Å². The highest BCUT2D eigenvalue weighted by molar-refractivity contribution is 4.99. The molecule has 0 amide bonds. The Hall–Kier alpha value is -0.0800.